The number of carbonyl (C=O) groups excluding carboxylic acids is 1. The molecule has 0 spiro atoms. The van der Waals surface area contributed by atoms with Gasteiger partial charge in [-0.3, -0.25) is 9.78 Å². The number of rotatable bonds is 4. The first-order chi connectivity index (χ1) is 11.6. The van der Waals surface area contributed by atoms with Gasteiger partial charge in [0.05, 0.1) is 15.0 Å². The van der Waals surface area contributed by atoms with Crippen LogP contribution in [-0.4, -0.2) is 10.9 Å². The van der Waals surface area contributed by atoms with Crippen molar-refractivity contribution in [1.82, 2.24) is 4.98 Å². The summed E-state index contributed by atoms with van der Waals surface area (Å²) in [6.45, 7) is 1.83. The molecule has 0 atom stereocenters. The maximum atomic E-state index is 11.7. The van der Waals surface area contributed by atoms with Crippen molar-refractivity contribution in [3.63, 3.8) is 0 Å². The number of nitrogens with one attached hydrogen (secondary N) is 1. The minimum atomic E-state index is -0.0155. The van der Waals surface area contributed by atoms with E-state index in [1.54, 1.807) is 18.5 Å². The minimum Gasteiger partial charge on any atom is -0.318 e. The van der Waals surface area contributed by atoms with Gasteiger partial charge >= 0.3 is 0 Å². The van der Waals surface area contributed by atoms with E-state index in [1.165, 1.54) is 11.3 Å². The van der Waals surface area contributed by atoms with Crippen LogP contribution in [0.15, 0.2) is 48.8 Å². The summed E-state index contributed by atoms with van der Waals surface area (Å²) in [7, 11) is 0. The van der Waals surface area contributed by atoms with Gasteiger partial charge in [-0.05, 0) is 41.5 Å². The molecule has 0 aliphatic rings. The maximum absolute atomic E-state index is 11.7. The van der Waals surface area contributed by atoms with Gasteiger partial charge in [-0.25, -0.2) is 0 Å². The summed E-state index contributed by atoms with van der Waals surface area (Å²) in [4.78, 5) is 16.8. The van der Waals surface area contributed by atoms with Crippen molar-refractivity contribution in [2.24, 2.45) is 0 Å². The maximum Gasteiger partial charge on any atom is 0.224 e. The normalized spacial score (nSPS) is 10.6. The van der Waals surface area contributed by atoms with Gasteiger partial charge in [-0.1, -0.05) is 36.2 Å². The third kappa shape index (κ3) is 3.61. The predicted octanol–water partition coefficient (Wildman–Crippen LogP) is 6.13. The molecular weight excluding hydrogens is 363 g/mol. The molecular formula is C18H14Cl2N2OS. The van der Waals surface area contributed by atoms with Gasteiger partial charge in [-0.15, -0.1) is 11.3 Å². The molecule has 6 heteroatoms. The lowest BCUT2D eigenvalue weighted by atomic mass is 10.0. The summed E-state index contributed by atoms with van der Waals surface area (Å²) in [5.41, 5.74) is 2.98. The first kappa shape index (κ1) is 17.0. The number of hydrogen-bond donors (Lipinski definition) is 1. The molecule has 24 heavy (non-hydrogen) atoms. The second-order valence-electron chi connectivity index (χ2n) is 5.12. The fourth-order valence-electron chi connectivity index (χ4n) is 2.27. The Balaban J connectivity index is 2.11. The fraction of sp³-hybridized carbons (Fsp3) is 0.111. The zero-order chi connectivity index (χ0) is 17.1. The van der Waals surface area contributed by atoms with E-state index in [0.717, 1.165) is 26.6 Å². The highest BCUT2D eigenvalue weighted by Crippen LogP contribution is 2.42. The Labute approximate surface area is 154 Å². The zero-order valence-electron chi connectivity index (χ0n) is 12.8. The fourth-order valence-corrected chi connectivity index (χ4v) is 3.67. The standard InChI is InChI=1S/C18H14Cl2N2OS/c1-2-16(23)22-17-10-13(12-3-4-14(19)15(20)9-12)18(24-17)11-5-7-21-8-6-11/h3-10H,2H2,1H3,(H,22,23). The molecule has 1 amide bonds. The second-order valence-corrected chi connectivity index (χ2v) is 6.99. The summed E-state index contributed by atoms with van der Waals surface area (Å²) < 4.78 is 0. The van der Waals surface area contributed by atoms with Crippen LogP contribution in [0.3, 0.4) is 0 Å². The van der Waals surface area contributed by atoms with Gasteiger partial charge in [0.25, 0.3) is 0 Å². The molecule has 2 heterocycles. The average Bonchev–Trinajstić information content (AvgIpc) is 3.01. The highest BCUT2D eigenvalue weighted by atomic mass is 35.5. The van der Waals surface area contributed by atoms with E-state index < -0.39 is 0 Å². The summed E-state index contributed by atoms with van der Waals surface area (Å²) in [5, 5.41) is 4.74. The van der Waals surface area contributed by atoms with Gasteiger partial charge in [-0.2, -0.15) is 0 Å². The number of carbonyl (C=O) groups is 1. The molecule has 0 fully saturated rings. The van der Waals surface area contributed by atoms with Crippen LogP contribution in [-0.2, 0) is 4.79 Å². The molecule has 0 unspecified atom stereocenters. The molecule has 3 rings (SSSR count). The smallest absolute Gasteiger partial charge is 0.224 e. The lowest BCUT2D eigenvalue weighted by Gasteiger charge is -2.05. The van der Waals surface area contributed by atoms with E-state index >= 15 is 0 Å². The predicted molar refractivity (Wildman–Crippen MR) is 102 cm³/mol. The van der Waals surface area contributed by atoms with E-state index in [0.29, 0.717) is 16.5 Å². The minimum absolute atomic E-state index is 0.0155. The second kappa shape index (κ2) is 7.34. The SMILES string of the molecule is CCC(=O)Nc1cc(-c2ccc(Cl)c(Cl)c2)c(-c2ccncc2)s1. The van der Waals surface area contributed by atoms with Crippen LogP contribution < -0.4 is 5.32 Å². The monoisotopic (exact) mass is 376 g/mol. The van der Waals surface area contributed by atoms with Gasteiger partial charge in [0.1, 0.15) is 0 Å². The molecule has 3 aromatic rings. The zero-order valence-corrected chi connectivity index (χ0v) is 15.2. The first-order valence-electron chi connectivity index (χ1n) is 7.38. The highest BCUT2D eigenvalue weighted by molar-refractivity contribution is 7.20. The number of hydrogen-bond acceptors (Lipinski definition) is 3. The molecule has 0 saturated carbocycles. The van der Waals surface area contributed by atoms with Crippen molar-refractivity contribution in [3.05, 3.63) is 58.8 Å². The molecule has 2 aromatic heterocycles. The van der Waals surface area contributed by atoms with Crippen LogP contribution in [0.5, 0.6) is 0 Å². The third-order valence-corrected chi connectivity index (χ3v) is 5.33. The molecule has 0 aliphatic heterocycles. The van der Waals surface area contributed by atoms with Crippen molar-refractivity contribution < 1.29 is 4.79 Å². The molecule has 122 valence electrons. The van der Waals surface area contributed by atoms with Crippen LogP contribution in [0.2, 0.25) is 10.0 Å². The van der Waals surface area contributed by atoms with Gasteiger partial charge in [0, 0.05) is 29.3 Å². The summed E-state index contributed by atoms with van der Waals surface area (Å²) in [6.07, 6.45) is 3.93. The summed E-state index contributed by atoms with van der Waals surface area (Å²) in [5.74, 6) is -0.0155. The first-order valence-corrected chi connectivity index (χ1v) is 8.95. The Bertz CT molecular complexity index is 878. The highest BCUT2D eigenvalue weighted by Gasteiger charge is 2.15. The molecule has 0 saturated heterocycles. The van der Waals surface area contributed by atoms with Gasteiger partial charge in [0.2, 0.25) is 5.91 Å². The average molecular weight is 377 g/mol. The van der Waals surface area contributed by atoms with E-state index in [9.17, 15) is 4.79 Å². The van der Waals surface area contributed by atoms with Crippen LogP contribution >= 0.6 is 34.5 Å². The topological polar surface area (TPSA) is 42.0 Å². The lowest BCUT2D eigenvalue weighted by molar-refractivity contribution is -0.115. The Morgan fingerprint density at radius 2 is 1.83 bits per heavy atom. The van der Waals surface area contributed by atoms with Crippen LogP contribution in [0.4, 0.5) is 5.00 Å². The summed E-state index contributed by atoms with van der Waals surface area (Å²) in [6, 6.07) is 11.4. The van der Waals surface area contributed by atoms with E-state index in [-0.39, 0.29) is 5.91 Å². The Morgan fingerprint density at radius 3 is 2.50 bits per heavy atom. The largest absolute Gasteiger partial charge is 0.318 e. The number of pyridine rings is 1. The van der Waals surface area contributed by atoms with Crippen molar-refractivity contribution in [2.75, 3.05) is 5.32 Å². The number of amides is 1. The number of halogens is 2. The summed E-state index contributed by atoms with van der Waals surface area (Å²) >= 11 is 13.7. The van der Waals surface area contributed by atoms with E-state index in [1.807, 2.05) is 37.3 Å². The van der Waals surface area contributed by atoms with Crippen LogP contribution in [0.1, 0.15) is 13.3 Å². The third-order valence-electron chi connectivity index (χ3n) is 3.49. The van der Waals surface area contributed by atoms with E-state index in [2.05, 4.69) is 10.3 Å². The van der Waals surface area contributed by atoms with Crippen molar-refractivity contribution in [2.45, 2.75) is 13.3 Å². The van der Waals surface area contributed by atoms with Crippen molar-refractivity contribution in [1.29, 1.82) is 0 Å². The number of thiophene rings is 1. The molecule has 0 radical (unpaired) electrons. The number of benzene rings is 1. The molecule has 0 aliphatic carbocycles. The molecule has 1 aromatic carbocycles. The van der Waals surface area contributed by atoms with Crippen molar-refractivity contribution >= 4 is 45.4 Å². The van der Waals surface area contributed by atoms with Crippen LogP contribution in [0, 0.1) is 0 Å². The Morgan fingerprint density at radius 1 is 1.08 bits per heavy atom. The van der Waals surface area contributed by atoms with Gasteiger partial charge in [0.15, 0.2) is 0 Å². The number of aromatic nitrogens is 1. The number of nitrogens with zero attached hydrogens (tertiary/aromatic N) is 1. The number of anilines is 1. The molecule has 0 bridgehead atoms. The van der Waals surface area contributed by atoms with E-state index in [4.69, 9.17) is 23.2 Å². The quantitative estimate of drug-likeness (QED) is 0.594. The van der Waals surface area contributed by atoms with Gasteiger partial charge < -0.3 is 5.32 Å². The Kier molecular flexibility index (Phi) is 5.19. The van der Waals surface area contributed by atoms with Crippen molar-refractivity contribution in [3.8, 4) is 21.6 Å². The molecule has 1 N–H and O–H groups in total. The van der Waals surface area contributed by atoms with Crippen LogP contribution in [0.25, 0.3) is 21.6 Å². The lowest BCUT2D eigenvalue weighted by Crippen LogP contribution is -2.07. The Hall–Kier alpha value is -1.88. The molecule has 3 nitrogen and oxygen atoms in total.